The van der Waals surface area contributed by atoms with Crippen LogP contribution in [0.3, 0.4) is 0 Å². The Morgan fingerprint density at radius 2 is 1.76 bits per heavy atom. The highest BCUT2D eigenvalue weighted by atomic mass is 35.5. The first-order valence-electron chi connectivity index (χ1n) is 9.78. The number of hydrogen-bond donors (Lipinski definition) is 1. The molecule has 0 radical (unpaired) electrons. The Kier molecular flexibility index (Phi) is 6.47. The standard InChI is InChI=1S/C23H18ClFN2O4S2/c1-14-12-16(22(29)26-33(30,31)19-9-5-17(24)6-10-19)4-11-20(14)27-21(28)13-32-23(27)15-2-7-18(25)8-3-15/h2-12,23H,13H2,1H3,(H,26,29). The summed E-state index contributed by atoms with van der Waals surface area (Å²) in [7, 11) is -4.08. The molecule has 33 heavy (non-hydrogen) atoms. The van der Waals surface area contributed by atoms with Gasteiger partial charge in [0, 0.05) is 16.3 Å². The van der Waals surface area contributed by atoms with Crippen LogP contribution in [0.15, 0.2) is 71.6 Å². The molecule has 1 heterocycles. The predicted octanol–water partition coefficient (Wildman–Crippen LogP) is 4.68. The summed E-state index contributed by atoms with van der Waals surface area (Å²) in [5.74, 6) is -1.00. The fourth-order valence-corrected chi connectivity index (χ4v) is 5.75. The largest absolute Gasteiger partial charge is 0.295 e. The van der Waals surface area contributed by atoms with Crippen molar-refractivity contribution >= 4 is 50.9 Å². The molecule has 3 aromatic rings. The van der Waals surface area contributed by atoms with E-state index < -0.39 is 15.9 Å². The molecule has 0 spiro atoms. The van der Waals surface area contributed by atoms with Gasteiger partial charge in [0.25, 0.3) is 15.9 Å². The fraction of sp³-hybridized carbons (Fsp3) is 0.130. The monoisotopic (exact) mass is 504 g/mol. The van der Waals surface area contributed by atoms with E-state index in [-0.39, 0.29) is 33.3 Å². The van der Waals surface area contributed by atoms with Crippen LogP contribution in [0, 0.1) is 12.7 Å². The number of aryl methyl sites for hydroxylation is 1. The Morgan fingerprint density at radius 3 is 2.39 bits per heavy atom. The SMILES string of the molecule is Cc1cc(C(=O)NS(=O)(=O)c2ccc(Cl)cc2)ccc1N1C(=O)CSC1c1ccc(F)cc1. The Labute approximate surface area is 199 Å². The van der Waals surface area contributed by atoms with Gasteiger partial charge in [0.15, 0.2) is 0 Å². The van der Waals surface area contributed by atoms with Crippen molar-refractivity contribution in [3.8, 4) is 0 Å². The molecule has 3 aromatic carbocycles. The molecule has 4 rings (SSSR count). The van der Waals surface area contributed by atoms with Crippen molar-refractivity contribution in [3.05, 3.63) is 94.3 Å². The van der Waals surface area contributed by atoms with Crippen LogP contribution < -0.4 is 9.62 Å². The van der Waals surface area contributed by atoms with Gasteiger partial charge in [0.1, 0.15) is 11.2 Å². The lowest BCUT2D eigenvalue weighted by Gasteiger charge is -2.26. The van der Waals surface area contributed by atoms with E-state index in [4.69, 9.17) is 11.6 Å². The lowest BCUT2D eigenvalue weighted by Crippen LogP contribution is -2.31. The molecular formula is C23H18ClFN2O4S2. The van der Waals surface area contributed by atoms with Crippen molar-refractivity contribution in [1.29, 1.82) is 0 Å². The molecule has 1 aliphatic heterocycles. The lowest BCUT2D eigenvalue weighted by molar-refractivity contribution is -0.115. The molecule has 170 valence electrons. The van der Waals surface area contributed by atoms with Crippen molar-refractivity contribution in [2.45, 2.75) is 17.2 Å². The minimum atomic E-state index is -4.08. The second-order valence-corrected chi connectivity index (χ2v) is 10.6. The average Bonchev–Trinajstić information content (AvgIpc) is 3.15. The number of hydrogen-bond acceptors (Lipinski definition) is 5. The summed E-state index contributed by atoms with van der Waals surface area (Å²) in [6.07, 6.45) is 0. The summed E-state index contributed by atoms with van der Waals surface area (Å²) in [4.78, 5) is 26.8. The zero-order valence-electron chi connectivity index (χ0n) is 17.3. The summed E-state index contributed by atoms with van der Waals surface area (Å²) in [5.41, 5.74) is 2.12. The van der Waals surface area contributed by atoms with E-state index in [2.05, 4.69) is 0 Å². The van der Waals surface area contributed by atoms with E-state index in [9.17, 15) is 22.4 Å². The van der Waals surface area contributed by atoms with E-state index in [0.29, 0.717) is 16.3 Å². The van der Waals surface area contributed by atoms with Gasteiger partial charge in [-0.1, -0.05) is 23.7 Å². The molecule has 1 saturated heterocycles. The summed E-state index contributed by atoms with van der Waals surface area (Å²) in [6.45, 7) is 1.73. The molecule has 10 heteroatoms. The number of carbonyl (C=O) groups is 2. The Balaban J connectivity index is 1.58. The smallest absolute Gasteiger partial charge is 0.265 e. The highest BCUT2D eigenvalue weighted by molar-refractivity contribution is 8.00. The fourth-order valence-electron chi connectivity index (χ4n) is 3.48. The molecule has 1 N–H and O–H groups in total. The van der Waals surface area contributed by atoms with Crippen molar-refractivity contribution in [1.82, 2.24) is 4.72 Å². The second-order valence-electron chi connectivity index (χ2n) is 7.37. The zero-order valence-corrected chi connectivity index (χ0v) is 19.7. The third-order valence-corrected chi connectivity index (χ3v) is 7.90. The van der Waals surface area contributed by atoms with Crippen LogP contribution in [-0.4, -0.2) is 26.0 Å². The summed E-state index contributed by atoms with van der Waals surface area (Å²) in [5, 5.41) is 0.0433. The maximum absolute atomic E-state index is 13.3. The van der Waals surface area contributed by atoms with Gasteiger partial charge in [-0.05, 0) is 72.6 Å². The maximum atomic E-state index is 13.3. The molecule has 1 atom stereocenters. The molecule has 1 aliphatic rings. The molecule has 0 aliphatic carbocycles. The highest BCUT2D eigenvalue weighted by Crippen LogP contribution is 2.42. The van der Waals surface area contributed by atoms with Crippen molar-refractivity contribution in [3.63, 3.8) is 0 Å². The third kappa shape index (κ3) is 4.90. The van der Waals surface area contributed by atoms with Gasteiger partial charge in [-0.2, -0.15) is 0 Å². The van der Waals surface area contributed by atoms with E-state index in [1.807, 2.05) is 4.72 Å². The number of thioether (sulfide) groups is 1. The number of nitrogens with zero attached hydrogens (tertiary/aromatic N) is 1. The first-order valence-corrected chi connectivity index (χ1v) is 12.7. The molecule has 0 bridgehead atoms. The average molecular weight is 505 g/mol. The normalized spacial score (nSPS) is 16.2. The number of amides is 2. The Bertz CT molecular complexity index is 1330. The number of benzene rings is 3. The molecule has 1 fully saturated rings. The van der Waals surface area contributed by atoms with Crippen molar-refractivity contribution < 1.29 is 22.4 Å². The molecule has 2 amide bonds. The molecule has 0 aromatic heterocycles. The van der Waals surface area contributed by atoms with Crippen LogP contribution in [0.4, 0.5) is 10.1 Å². The van der Waals surface area contributed by atoms with E-state index >= 15 is 0 Å². The van der Waals surface area contributed by atoms with Crippen LogP contribution in [0.1, 0.15) is 26.9 Å². The van der Waals surface area contributed by atoms with Gasteiger partial charge in [-0.25, -0.2) is 17.5 Å². The van der Waals surface area contributed by atoms with Gasteiger partial charge < -0.3 is 0 Å². The van der Waals surface area contributed by atoms with Crippen LogP contribution in [0.5, 0.6) is 0 Å². The van der Waals surface area contributed by atoms with Crippen LogP contribution in [0.25, 0.3) is 0 Å². The number of rotatable bonds is 5. The minimum Gasteiger partial charge on any atom is -0.295 e. The third-order valence-electron chi connectivity index (χ3n) is 5.09. The minimum absolute atomic E-state index is 0.0876. The van der Waals surface area contributed by atoms with Crippen LogP contribution in [-0.2, 0) is 14.8 Å². The predicted molar refractivity (Wildman–Crippen MR) is 126 cm³/mol. The molecule has 1 unspecified atom stereocenters. The first-order chi connectivity index (χ1) is 15.7. The number of sulfonamides is 1. The quantitative estimate of drug-likeness (QED) is 0.545. The van der Waals surface area contributed by atoms with E-state index in [0.717, 1.165) is 5.56 Å². The van der Waals surface area contributed by atoms with Gasteiger partial charge in [-0.3, -0.25) is 14.5 Å². The molecule has 6 nitrogen and oxygen atoms in total. The van der Waals surface area contributed by atoms with E-state index in [1.165, 1.54) is 60.3 Å². The van der Waals surface area contributed by atoms with Gasteiger partial charge >= 0.3 is 0 Å². The number of carbonyl (C=O) groups excluding carboxylic acids is 2. The Morgan fingerprint density at radius 1 is 1.09 bits per heavy atom. The lowest BCUT2D eigenvalue weighted by atomic mass is 10.1. The second kappa shape index (κ2) is 9.17. The van der Waals surface area contributed by atoms with Gasteiger partial charge in [0.05, 0.1) is 10.6 Å². The zero-order chi connectivity index (χ0) is 23.8. The van der Waals surface area contributed by atoms with Crippen molar-refractivity contribution in [2.75, 3.05) is 10.7 Å². The topological polar surface area (TPSA) is 83.6 Å². The van der Waals surface area contributed by atoms with Crippen molar-refractivity contribution in [2.24, 2.45) is 0 Å². The Hall–Kier alpha value is -2.88. The summed E-state index contributed by atoms with van der Waals surface area (Å²) >= 11 is 7.21. The molecular weight excluding hydrogens is 487 g/mol. The molecule has 0 saturated carbocycles. The number of nitrogens with one attached hydrogen (secondary N) is 1. The van der Waals surface area contributed by atoms with Crippen LogP contribution in [0.2, 0.25) is 5.02 Å². The first kappa shape index (κ1) is 23.3. The number of halogens is 2. The summed E-state index contributed by atoms with van der Waals surface area (Å²) < 4.78 is 40.4. The summed E-state index contributed by atoms with van der Waals surface area (Å²) in [6, 6.07) is 16.0. The van der Waals surface area contributed by atoms with Crippen LogP contribution >= 0.6 is 23.4 Å². The maximum Gasteiger partial charge on any atom is 0.265 e. The highest BCUT2D eigenvalue weighted by Gasteiger charge is 2.35. The van der Waals surface area contributed by atoms with E-state index in [1.54, 1.807) is 30.0 Å². The van der Waals surface area contributed by atoms with Gasteiger partial charge in [0.2, 0.25) is 5.91 Å². The number of anilines is 1. The van der Waals surface area contributed by atoms with Gasteiger partial charge in [-0.15, -0.1) is 11.8 Å².